The third kappa shape index (κ3) is 2.40. The van der Waals surface area contributed by atoms with E-state index >= 15 is 0 Å². The number of aromatic amines is 1. The highest BCUT2D eigenvalue weighted by Gasteiger charge is 2.16. The summed E-state index contributed by atoms with van der Waals surface area (Å²) in [6, 6.07) is 10.2. The summed E-state index contributed by atoms with van der Waals surface area (Å²) in [5.41, 5.74) is 9.75. The molecule has 7 nitrogen and oxygen atoms in total. The Morgan fingerprint density at radius 1 is 1.12 bits per heavy atom. The molecule has 0 bridgehead atoms. The number of hydrogen-bond donors (Lipinski definition) is 2. The molecular weight excluding hydrogens is 326 g/mol. The molecule has 0 saturated carbocycles. The van der Waals surface area contributed by atoms with Crippen molar-refractivity contribution in [1.29, 1.82) is 0 Å². The molecule has 3 heterocycles. The lowest BCUT2D eigenvalue weighted by Crippen LogP contribution is -2.15. The van der Waals surface area contributed by atoms with E-state index in [1.807, 2.05) is 18.2 Å². The van der Waals surface area contributed by atoms with Gasteiger partial charge < -0.3 is 4.98 Å². The van der Waals surface area contributed by atoms with Crippen molar-refractivity contribution in [2.75, 3.05) is 5.43 Å². The van der Waals surface area contributed by atoms with Crippen LogP contribution in [0, 0.1) is 6.92 Å². The minimum atomic E-state index is 0.372. The molecule has 1 aromatic carbocycles. The summed E-state index contributed by atoms with van der Waals surface area (Å²) in [5, 5.41) is 14.0. The number of anilines is 1. The fourth-order valence-electron chi connectivity index (χ4n) is 3.48. The van der Waals surface area contributed by atoms with Gasteiger partial charge in [-0.1, -0.05) is 24.3 Å². The van der Waals surface area contributed by atoms with E-state index in [0.29, 0.717) is 11.6 Å². The monoisotopic (exact) mass is 343 g/mol. The number of para-hydroxylation sites is 1. The van der Waals surface area contributed by atoms with Crippen LogP contribution >= 0.6 is 0 Å². The second-order valence-electron chi connectivity index (χ2n) is 6.49. The van der Waals surface area contributed by atoms with Crippen LogP contribution in [0.5, 0.6) is 0 Å². The maximum atomic E-state index is 4.53. The van der Waals surface area contributed by atoms with E-state index in [1.54, 1.807) is 6.20 Å². The zero-order valence-electron chi connectivity index (χ0n) is 14.3. The summed E-state index contributed by atoms with van der Waals surface area (Å²) < 4.78 is 0. The number of H-pyrrole nitrogens is 1. The molecule has 0 unspecified atom stereocenters. The molecule has 3 aromatic heterocycles. The number of aromatic nitrogens is 5. The van der Waals surface area contributed by atoms with Gasteiger partial charge in [0.05, 0.1) is 16.9 Å². The third-order valence-electron chi connectivity index (χ3n) is 4.77. The second kappa shape index (κ2) is 5.87. The molecule has 2 N–H and O–H groups in total. The first-order chi connectivity index (χ1) is 12.8. The first-order valence-electron chi connectivity index (χ1n) is 8.68. The predicted octanol–water partition coefficient (Wildman–Crippen LogP) is 3.36. The summed E-state index contributed by atoms with van der Waals surface area (Å²) in [4.78, 5) is 12.3. The first-order valence-corrected chi connectivity index (χ1v) is 8.68. The molecule has 0 saturated heterocycles. The normalized spacial score (nSPS) is 15.5. The zero-order chi connectivity index (χ0) is 17.5. The van der Waals surface area contributed by atoms with Crippen LogP contribution in [0.2, 0.25) is 0 Å². The highest BCUT2D eigenvalue weighted by Crippen LogP contribution is 2.25. The van der Waals surface area contributed by atoms with Gasteiger partial charge in [0.2, 0.25) is 0 Å². The summed E-state index contributed by atoms with van der Waals surface area (Å²) >= 11 is 0. The lowest BCUT2D eigenvalue weighted by Gasteiger charge is -2.15. The minimum absolute atomic E-state index is 0.372. The second-order valence-corrected chi connectivity index (χ2v) is 6.49. The van der Waals surface area contributed by atoms with Gasteiger partial charge in [-0.05, 0) is 43.4 Å². The van der Waals surface area contributed by atoms with Crippen molar-refractivity contribution < 1.29 is 0 Å². The van der Waals surface area contributed by atoms with Crippen LogP contribution in [0.15, 0.2) is 41.6 Å². The third-order valence-corrected chi connectivity index (χ3v) is 4.77. The Kier molecular flexibility index (Phi) is 3.38. The van der Waals surface area contributed by atoms with Gasteiger partial charge in [-0.3, -0.25) is 4.98 Å². The van der Waals surface area contributed by atoms with Crippen LogP contribution in [0.3, 0.4) is 0 Å². The Hall–Kier alpha value is -3.35. The lowest BCUT2D eigenvalue weighted by atomic mass is 9.95. The largest absolute Gasteiger partial charge is 0.337 e. The number of aryl methyl sites for hydroxylation is 2. The molecule has 0 atom stereocenters. The topological polar surface area (TPSA) is 91.7 Å². The number of nitrogens with zero attached hydrogens (tertiary/aromatic N) is 5. The number of hydrazone groups is 1. The van der Waals surface area contributed by atoms with Crippen LogP contribution in [-0.4, -0.2) is 30.9 Å². The highest BCUT2D eigenvalue weighted by atomic mass is 15.4. The van der Waals surface area contributed by atoms with Gasteiger partial charge in [-0.15, -0.1) is 10.2 Å². The summed E-state index contributed by atoms with van der Waals surface area (Å²) in [6.07, 6.45) is 4.80. The maximum Gasteiger partial charge on any atom is 0.265 e. The molecule has 0 amide bonds. The van der Waals surface area contributed by atoms with E-state index in [-0.39, 0.29) is 0 Å². The average Bonchev–Trinajstić information content (AvgIpc) is 3.06. The highest BCUT2D eigenvalue weighted by molar-refractivity contribution is 6.04. The van der Waals surface area contributed by atoms with Gasteiger partial charge in [0.25, 0.3) is 5.95 Å². The predicted molar refractivity (Wildman–Crippen MR) is 101 cm³/mol. The van der Waals surface area contributed by atoms with Crippen molar-refractivity contribution in [3.63, 3.8) is 0 Å². The number of benzene rings is 1. The Labute approximate surface area is 149 Å². The van der Waals surface area contributed by atoms with Crippen molar-refractivity contribution in [2.45, 2.75) is 26.2 Å². The molecule has 1 aliphatic rings. The summed E-state index contributed by atoms with van der Waals surface area (Å²) in [7, 11) is 0. The van der Waals surface area contributed by atoms with E-state index in [2.05, 4.69) is 54.7 Å². The van der Waals surface area contributed by atoms with E-state index in [4.69, 9.17) is 0 Å². The molecule has 0 radical (unpaired) electrons. The quantitative estimate of drug-likeness (QED) is 0.545. The fourth-order valence-corrected chi connectivity index (χ4v) is 3.48. The van der Waals surface area contributed by atoms with Crippen LogP contribution in [0.1, 0.15) is 29.7 Å². The van der Waals surface area contributed by atoms with Gasteiger partial charge in [0.1, 0.15) is 5.52 Å². The Bertz CT molecular complexity index is 1160. The summed E-state index contributed by atoms with van der Waals surface area (Å²) in [5.74, 6) is 0.372. The number of hydrogen-bond acceptors (Lipinski definition) is 6. The van der Waals surface area contributed by atoms with Crippen molar-refractivity contribution in [2.24, 2.45) is 5.10 Å². The van der Waals surface area contributed by atoms with Gasteiger partial charge in [0, 0.05) is 11.6 Å². The van der Waals surface area contributed by atoms with Crippen molar-refractivity contribution in [1.82, 2.24) is 25.1 Å². The Morgan fingerprint density at radius 2 is 2.08 bits per heavy atom. The molecule has 4 aromatic rings. The number of pyridine rings is 1. The Morgan fingerprint density at radius 3 is 3.04 bits per heavy atom. The SMILES string of the molecule is Cc1cccc2c1[nH]c1nc(N/N=C3\CCCc4cccnc43)nnc12. The van der Waals surface area contributed by atoms with Gasteiger partial charge >= 0.3 is 0 Å². The molecule has 0 aliphatic heterocycles. The average molecular weight is 343 g/mol. The van der Waals surface area contributed by atoms with Gasteiger partial charge in [0.15, 0.2) is 5.65 Å². The van der Waals surface area contributed by atoms with Crippen LogP contribution in [0.25, 0.3) is 22.1 Å². The number of rotatable bonds is 2. The molecule has 128 valence electrons. The van der Waals surface area contributed by atoms with E-state index < -0.39 is 0 Å². The smallest absolute Gasteiger partial charge is 0.265 e. The summed E-state index contributed by atoms with van der Waals surface area (Å²) in [6.45, 7) is 2.06. The number of nitrogens with one attached hydrogen (secondary N) is 2. The molecular formula is C19H17N7. The zero-order valence-corrected chi connectivity index (χ0v) is 14.3. The van der Waals surface area contributed by atoms with E-state index in [9.17, 15) is 0 Å². The minimum Gasteiger partial charge on any atom is -0.337 e. The molecule has 26 heavy (non-hydrogen) atoms. The van der Waals surface area contributed by atoms with Gasteiger partial charge in [-0.25, -0.2) is 5.43 Å². The van der Waals surface area contributed by atoms with Crippen molar-refractivity contribution in [3.05, 3.63) is 53.3 Å². The molecule has 1 aliphatic carbocycles. The molecule has 0 spiro atoms. The number of fused-ring (bicyclic) bond motifs is 4. The standard InChI is InChI=1S/C19H17N7/c1-11-5-2-8-13-15(11)21-18-17(13)24-26-19(22-18)25-23-14-9-3-6-12-7-4-10-20-16(12)14/h2,4-5,7-8,10H,3,6,9H2,1H3,(H2,21,22,25,26)/b23-14+. The van der Waals surface area contributed by atoms with Crippen molar-refractivity contribution in [3.8, 4) is 0 Å². The maximum absolute atomic E-state index is 4.53. The Balaban J connectivity index is 1.51. The first kappa shape index (κ1) is 14.9. The van der Waals surface area contributed by atoms with Crippen LogP contribution in [-0.2, 0) is 6.42 Å². The molecule has 0 fully saturated rings. The van der Waals surface area contributed by atoms with E-state index in [0.717, 1.165) is 52.7 Å². The molecule has 7 heteroatoms. The molecule has 5 rings (SSSR count). The van der Waals surface area contributed by atoms with Crippen LogP contribution < -0.4 is 5.43 Å². The van der Waals surface area contributed by atoms with Crippen LogP contribution in [0.4, 0.5) is 5.95 Å². The lowest BCUT2D eigenvalue weighted by molar-refractivity contribution is 0.823. The fraction of sp³-hybridized carbons (Fsp3) is 0.211. The van der Waals surface area contributed by atoms with Gasteiger partial charge in [-0.2, -0.15) is 10.1 Å². The van der Waals surface area contributed by atoms with Crippen molar-refractivity contribution >= 4 is 33.7 Å². The van der Waals surface area contributed by atoms with E-state index in [1.165, 1.54) is 5.56 Å².